The third-order valence-corrected chi connectivity index (χ3v) is 7.98. The first-order valence-electron chi connectivity index (χ1n) is 10.1. The largest absolute Gasteiger partial charge is 0.417 e. The molecule has 1 fully saturated rings. The number of sulfonamides is 1. The maximum Gasteiger partial charge on any atom is 0.417 e. The van der Waals surface area contributed by atoms with Crippen LogP contribution in [0.15, 0.2) is 41.4 Å². The molecule has 0 spiro atoms. The van der Waals surface area contributed by atoms with Crippen molar-refractivity contribution in [1.29, 1.82) is 0 Å². The number of anilines is 1. The van der Waals surface area contributed by atoms with Crippen molar-refractivity contribution in [2.45, 2.75) is 43.2 Å². The molecule has 1 aliphatic heterocycles. The number of halogens is 3. The quantitative estimate of drug-likeness (QED) is 0.721. The normalized spacial score (nSPS) is 20.4. The van der Waals surface area contributed by atoms with Crippen LogP contribution in [-0.2, 0) is 22.6 Å². The van der Waals surface area contributed by atoms with Gasteiger partial charge in [0.2, 0.25) is 10.0 Å². The highest BCUT2D eigenvalue weighted by atomic mass is 32.2. The lowest BCUT2D eigenvalue weighted by atomic mass is 9.99. The summed E-state index contributed by atoms with van der Waals surface area (Å²) in [6.07, 6.45) is -0.561. The van der Waals surface area contributed by atoms with Crippen molar-refractivity contribution < 1.29 is 21.6 Å². The first kappa shape index (κ1) is 21.1. The fourth-order valence-corrected chi connectivity index (χ4v) is 5.76. The Morgan fingerprint density at radius 1 is 1.10 bits per heavy atom. The molecule has 2 heterocycles. The molecule has 0 radical (unpaired) electrons. The third kappa shape index (κ3) is 3.92. The minimum atomic E-state index is -4.43. The lowest BCUT2D eigenvalue weighted by molar-refractivity contribution is -0.137. The molecule has 1 aromatic carbocycles. The summed E-state index contributed by atoms with van der Waals surface area (Å²) in [4.78, 5) is 6.04. The van der Waals surface area contributed by atoms with Crippen LogP contribution in [-0.4, -0.2) is 43.9 Å². The van der Waals surface area contributed by atoms with Gasteiger partial charge < -0.3 is 4.90 Å². The number of hydrogen-bond acceptors (Lipinski definition) is 4. The number of piperazine rings is 1. The number of benzene rings is 1. The zero-order valence-corrected chi connectivity index (χ0v) is 17.5. The second-order valence-corrected chi connectivity index (χ2v) is 9.74. The van der Waals surface area contributed by atoms with E-state index >= 15 is 0 Å². The van der Waals surface area contributed by atoms with Crippen molar-refractivity contribution in [2.75, 3.05) is 31.1 Å². The molecule has 0 N–H and O–H groups in total. The van der Waals surface area contributed by atoms with Crippen molar-refractivity contribution in [3.63, 3.8) is 0 Å². The van der Waals surface area contributed by atoms with Crippen molar-refractivity contribution in [1.82, 2.24) is 9.29 Å². The van der Waals surface area contributed by atoms with Gasteiger partial charge in [-0.15, -0.1) is 0 Å². The Bertz CT molecular complexity index is 1010. The second-order valence-electron chi connectivity index (χ2n) is 7.80. The molecular weight excluding hydrogens is 415 g/mol. The van der Waals surface area contributed by atoms with Gasteiger partial charge in [-0.3, -0.25) is 0 Å². The molecule has 162 valence electrons. The highest BCUT2D eigenvalue weighted by Crippen LogP contribution is 2.37. The molecule has 30 heavy (non-hydrogen) atoms. The van der Waals surface area contributed by atoms with Gasteiger partial charge in [0.25, 0.3) is 0 Å². The SMILES string of the molecule is CCC1CCc2ccc(S(=O)(=O)N3CCN(c4ccc(C(F)(F)F)cn4)CC3)cc21. The van der Waals surface area contributed by atoms with E-state index < -0.39 is 21.8 Å². The monoisotopic (exact) mass is 439 g/mol. The smallest absolute Gasteiger partial charge is 0.354 e. The van der Waals surface area contributed by atoms with Gasteiger partial charge in [-0.25, -0.2) is 13.4 Å². The predicted octanol–water partition coefficient (Wildman–Crippen LogP) is 4.05. The minimum Gasteiger partial charge on any atom is -0.354 e. The van der Waals surface area contributed by atoms with E-state index in [-0.39, 0.29) is 13.1 Å². The molecule has 0 amide bonds. The summed E-state index contributed by atoms with van der Waals surface area (Å²) in [6.45, 7) is 3.40. The van der Waals surface area contributed by atoms with Crippen LogP contribution in [0.5, 0.6) is 0 Å². The Balaban J connectivity index is 1.46. The highest BCUT2D eigenvalue weighted by Gasteiger charge is 2.33. The molecule has 0 bridgehead atoms. The third-order valence-electron chi connectivity index (χ3n) is 6.09. The van der Waals surface area contributed by atoms with Gasteiger partial charge in [0.15, 0.2) is 0 Å². The van der Waals surface area contributed by atoms with Gasteiger partial charge >= 0.3 is 6.18 Å². The van der Waals surface area contributed by atoms with E-state index in [2.05, 4.69) is 11.9 Å². The molecule has 5 nitrogen and oxygen atoms in total. The zero-order valence-electron chi connectivity index (χ0n) is 16.7. The van der Waals surface area contributed by atoms with Crippen LogP contribution in [0.4, 0.5) is 19.0 Å². The summed E-state index contributed by atoms with van der Waals surface area (Å²) in [5.41, 5.74) is 1.58. The van der Waals surface area contributed by atoms with E-state index in [1.807, 2.05) is 17.0 Å². The molecule has 1 atom stereocenters. The number of pyridine rings is 1. The number of aromatic nitrogens is 1. The number of alkyl halides is 3. The lowest BCUT2D eigenvalue weighted by Crippen LogP contribution is -2.48. The van der Waals surface area contributed by atoms with Crippen molar-refractivity contribution in [2.24, 2.45) is 0 Å². The summed E-state index contributed by atoms with van der Waals surface area (Å²) < 4.78 is 65.9. The van der Waals surface area contributed by atoms with Crippen LogP contribution in [0.3, 0.4) is 0 Å². The van der Waals surface area contributed by atoms with E-state index in [0.29, 0.717) is 29.7 Å². The minimum absolute atomic E-state index is 0.263. The molecule has 1 aliphatic carbocycles. The maximum absolute atomic E-state index is 13.1. The van der Waals surface area contributed by atoms with Crippen molar-refractivity contribution >= 4 is 15.8 Å². The van der Waals surface area contributed by atoms with Gasteiger partial charge in [0.1, 0.15) is 5.82 Å². The van der Waals surface area contributed by atoms with Gasteiger partial charge in [-0.05, 0) is 60.6 Å². The summed E-state index contributed by atoms with van der Waals surface area (Å²) in [5, 5.41) is 0. The van der Waals surface area contributed by atoms with E-state index in [0.717, 1.165) is 37.1 Å². The number of hydrogen-bond donors (Lipinski definition) is 0. The van der Waals surface area contributed by atoms with E-state index in [4.69, 9.17) is 0 Å². The Labute approximate surface area is 174 Å². The Hall–Kier alpha value is -2.13. The van der Waals surface area contributed by atoms with Crippen LogP contribution in [0.25, 0.3) is 0 Å². The van der Waals surface area contributed by atoms with Crippen LogP contribution >= 0.6 is 0 Å². The Morgan fingerprint density at radius 2 is 1.83 bits per heavy atom. The highest BCUT2D eigenvalue weighted by molar-refractivity contribution is 7.89. The summed E-state index contributed by atoms with van der Waals surface area (Å²) >= 11 is 0. The molecule has 4 rings (SSSR count). The van der Waals surface area contributed by atoms with Crippen LogP contribution < -0.4 is 4.90 Å². The fourth-order valence-electron chi connectivity index (χ4n) is 4.30. The molecule has 2 aliphatic rings. The first-order chi connectivity index (χ1) is 14.2. The molecule has 1 saturated heterocycles. The van der Waals surface area contributed by atoms with Crippen LogP contribution in [0.1, 0.15) is 42.4 Å². The average molecular weight is 440 g/mol. The molecule has 0 saturated carbocycles. The average Bonchev–Trinajstić information content (AvgIpc) is 3.16. The molecule has 9 heteroatoms. The van der Waals surface area contributed by atoms with E-state index in [1.54, 1.807) is 6.07 Å². The fraction of sp³-hybridized carbons (Fsp3) is 0.476. The molecule has 1 unspecified atom stereocenters. The maximum atomic E-state index is 13.1. The van der Waals surface area contributed by atoms with Crippen molar-refractivity contribution in [3.8, 4) is 0 Å². The van der Waals surface area contributed by atoms with E-state index in [1.165, 1.54) is 15.9 Å². The van der Waals surface area contributed by atoms with Crippen LogP contribution in [0.2, 0.25) is 0 Å². The molecule has 2 aromatic rings. The standard InChI is InChI=1S/C21H24F3N3O2S/c1-2-15-3-4-16-5-7-18(13-19(15)16)30(28,29)27-11-9-26(10-12-27)20-8-6-17(14-25-20)21(22,23)24/h5-8,13-15H,2-4,9-12H2,1H3. The van der Waals surface area contributed by atoms with Gasteiger partial charge in [0.05, 0.1) is 10.5 Å². The predicted molar refractivity (Wildman–Crippen MR) is 108 cm³/mol. The van der Waals surface area contributed by atoms with Gasteiger partial charge in [0, 0.05) is 32.4 Å². The first-order valence-corrected chi connectivity index (χ1v) is 11.6. The summed E-state index contributed by atoms with van der Waals surface area (Å²) in [7, 11) is -3.61. The lowest BCUT2D eigenvalue weighted by Gasteiger charge is -2.34. The Kier molecular flexibility index (Phi) is 5.52. The van der Waals surface area contributed by atoms with Crippen molar-refractivity contribution in [3.05, 3.63) is 53.2 Å². The number of rotatable bonds is 4. The topological polar surface area (TPSA) is 53.5 Å². The molecule has 1 aromatic heterocycles. The number of aryl methyl sites for hydroxylation is 1. The second kappa shape index (κ2) is 7.85. The van der Waals surface area contributed by atoms with Crippen LogP contribution in [0, 0.1) is 0 Å². The molecular formula is C21H24F3N3O2S. The van der Waals surface area contributed by atoms with Gasteiger partial charge in [-0.1, -0.05) is 13.0 Å². The zero-order chi connectivity index (χ0) is 21.5. The van der Waals surface area contributed by atoms with Gasteiger partial charge in [-0.2, -0.15) is 17.5 Å². The summed E-state index contributed by atoms with van der Waals surface area (Å²) in [5.74, 6) is 0.834. The Morgan fingerprint density at radius 3 is 2.43 bits per heavy atom. The van der Waals surface area contributed by atoms with E-state index in [9.17, 15) is 21.6 Å². The summed E-state index contributed by atoms with van der Waals surface area (Å²) in [6, 6.07) is 7.78. The number of fused-ring (bicyclic) bond motifs is 1. The number of nitrogens with zero attached hydrogens (tertiary/aromatic N) is 3.